The summed E-state index contributed by atoms with van der Waals surface area (Å²) in [5, 5.41) is 9.25. The van der Waals surface area contributed by atoms with Crippen LogP contribution in [0.5, 0.6) is 0 Å². The zero-order chi connectivity index (χ0) is 15.6. The van der Waals surface area contributed by atoms with Gasteiger partial charge in [0.25, 0.3) is 0 Å². The van der Waals surface area contributed by atoms with Crippen LogP contribution in [0.25, 0.3) is 0 Å². The first-order chi connectivity index (χ1) is 9.92. The van der Waals surface area contributed by atoms with E-state index < -0.39 is 5.97 Å². The van der Waals surface area contributed by atoms with Crippen molar-refractivity contribution in [1.82, 2.24) is 4.90 Å². The van der Waals surface area contributed by atoms with Crippen molar-refractivity contribution in [2.75, 3.05) is 19.3 Å². The molecule has 0 aliphatic carbocycles. The van der Waals surface area contributed by atoms with Crippen LogP contribution >= 0.6 is 11.8 Å². The van der Waals surface area contributed by atoms with Crippen molar-refractivity contribution in [3.8, 4) is 0 Å². The van der Waals surface area contributed by atoms with Gasteiger partial charge in [0, 0.05) is 24.0 Å². The molecule has 0 bridgehead atoms. The number of hydrogen-bond donors (Lipinski definition) is 1. The average Bonchev–Trinajstić information content (AvgIpc) is 2.45. The monoisotopic (exact) mass is 311 g/mol. The lowest BCUT2D eigenvalue weighted by Gasteiger charge is -2.38. The van der Waals surface area contributed by atoms with E-state index in [2.05, 4.69) is 11.8 Å². The second-order valence-corrected chi connectivity index (χ2v) is 6.75. The van der Waals surface area contributed by atoms with E-state index in [0.29, 0.717) is 17.4 Å². The van der Waals surface area contributed by atoms with Gasteiger partial charge in [-0.2, -0.15) is 0 Å². The molecule has 1 fully saturated rings. The summed E-state index contributed by atoms with van der Waals surface area (Å²) in [4.78, 5) is 14.0. The first-order valence-corrected chi connectivity index (χ1v) is 8.45. The molecule has 116 valence electrons. The summed E-state index contributed by atoms with van der Waals surface area (Å²) < 4.78 is 13.9. The number of benzene rings is 1. The van der Waals surface area contributed by atoms with Gasteiger partial charge in [-0.1, -0.05) is 13.0 Å². The van der Waals surface area contributed by atoms with Crippen molar-refractivity contribution < 1.29 is 14.3 Å². The van der Waals surface area contributed by atoms with E-state index in [1.54, 1.807) is 12.1 Å². The normalized spacial score (nSPS) is 24.8. The molecule has 3 nitrogen and oxygen atoms in total. The van der Waals surface area contributed by atoms with Gasteiger partial charge in [0.15, 0.2) is 0 Å². The molecule has 0 saturated carbocycles. The quantitative estimate of drug-likeness (QED) is 0.862. The van der Waals surface area contributed by atoms with Crippen molar-refractivity contribution in [2.45, 2.75) is 31.2 Å². The van der Waals surface area contributed by atoms with E-state index in [0.717, 1.165) is 18.5 Å². The van der Waals surface area contributed by atoms with Crippen LogP contribution in [-0.2, 0) is 4.79 Å². The third-order valence-corrected chi connectivity index (χ3v) is 5.01. The molecule has 1 heterocycles. The summed E-state index contributed by atoms with van der Waals surface area (Å²) >= 11 is 1.39. The minimum Gasteiger partial charge on any atom is -0.481 e. The highest BCUT2D eigenvalue weighted by Crippen LogP contribution is 2.31. The molecule has 0 amide bonds. The summed E-state index contributed by atoms with van der Waals surface area (Å²) in [5.74, 6) is -0.918. The van der Waals surface area contributed by atoms with E-state index in [-0.39, 0.29) is 17.8 Å². The van der Waals surface area contributed by atoms with Gasteiger partial charge in [0.05, 0.1) is 5.92 Å². The maximum atomic E-state index is 13.9. The highest BCUT2D eigenvalue weighted by Gasteiger charge is 2.32. The first kappa shape index (κ1) is 16.3. The van der Waals surface area contributed by atoms with Gasteiger partial charge in [-0.15, -0.1) is 11.8 Å². The Labute approximate surface area is 129 Å². The second-order valence-electron chi connectivity index (χ2n) is 5.90. The maximum absolute atomic E-state index is 13.9. The predicted molar refractivity (Wildman–Crippen MR) is 83.1 cm³/mol. The number of halogens is 1. The lowest BCUT2D eigenvalue weighted by Crippen LogP contribution is -2.43. The average molecular weight is 311 g/mol. The smallest absolute Gasteiger partial charge is 0.307 e. The number of rotatable bonds is 4. The topological polar surface area (TPSA) is 40.5 Å². The molecule has 2 rings (SSSR count). The first-order valence-electron chi connectivity index (χ1n) is 7.22. The Morgan fingerprint density at radius 3 is 2.76 bits per heavy atom. The van der Waals surface area contributed by atoms with Crippen molar-refractivity contribution in [1.29, 1.82) is 0 Å². The van der Waals surface area contributed by atoms with Crippen molar-refractivity contribution in [2.24, 2.45) is 11.8 Å². The Hall–Kier alpha value is -1.07. The van der Waals surface area contributed by atoms with Crippen LogP contribution < -0.4 is 0 Å². The molecule has 1 N–H and O–H groups in total. The number of carboxylic acid groups (broad SMARTS) is 1. The number of carbonyl (C=O) groups is 1. The molecule has 3 atom stereocenters. The van der Waals surface area contributed by atoms with Gasteiger partial charge in [0.1, 0.15) is 5.82 Å². The molecule has 3 unspecified atom stereocenters. The third-order valence-electron chi connectivity index (χ3n) is 4.24. The third kappa shape index (κ3) is 3.77. The summed E-state index contributed by atoms with van der Waals surface area (Å²) in [7, 11) is 0. The SMILES string of the molecule is CSc1ccc(C(C)N2CC(C)CC(C(=O)O)C2)cc1F. The molecule has 1 aliphatic heterocycles. The zero-order valence-electron chi connectivity index (χ0n) is 12.7. The molecule has 21 heavy (non-hydrogen) atoms. The number of carboxylic acids is 1. The van der Waals surface area contributed by atoms with Crippen molar-refractivity contribution >= 4 is 17.7 Å². The van der Waals surface area contributed by atoms with Gasteiger partial charge < -0.3 is 5.11 Å². The van der Waals surface area contributed by atoms with E-state index in [9.17, 15) is 14.3 Å². The van der Waals surface area contributed by atoms with E-state index in [1.807, 2.05) is 19.2 Å². The summed E-state index contributed by atoms with van der Waals surface area (Å²) in [5.41, 5.74) is 0.906. The number of thioether (sulfide) groups is 1. The fraction of sp³-hybridized carbons (Fsp3) is 0.562. The highest BCUT2D eigenvalue weighted by atomic mass is 32.2. The van der Waals surface area contributed by atoms with Gasteiger partial charge in [-0.3, -0.25) is 9.69 Å². The maximum Gasteiger partial charge on any atom is 0.307 e. The van der Waals surface area contributed by atoms with Crippen LogP contribution in [0.15, 0.2) is 23.1 Å². The largest absolute Gasteiger partial charge is 0.481 e. The Morgan fingerprint density at radius 1 is 1.48 bits per heavy atom. The van der Waals surface area contributed by atoms with Gasteiger partial charge in [0.2, 0.25) is 0 Å². The summed E-state index contributed by atoms with van der Waals surface area (Å²) in [6.07, 6.45) is 2.57. The van der Waals surface area contributed by atoms with Crippen LogP contribution in [-0.4, -0.2) is 35.3 Å². The van der Waals surface area contributed by atoms with Crippen LogP contribution in [0.2, 0.25) is 0 Å². The van der Waals surface area contributed by atoms with Crippen LogP contribution in [0, 0.1) is 17.7 Å². The molecule has 1 aromatic rings. The standard InChI is InChI=1S/C16H22FNO2S/c1-10-6-13(16(19)20)9-18(8-10)11(2)12-4-5-15(21-3)14(17)7-12/h4-5,7,10-11,13H,6,8-9H2,1-3H3,(H,19,20). The molecular formula is C16H22FNO2S. The van der Waals surface area contributed by atoms with Crippen LogP contribution in [0.1, 0.15) is 31.9 Å². The Morgan fingerprint density at radius 2 is 2.19 bits per heavy atom. The number of hydrogen-bond acceptors (Lipinski definition) is 3. The number of aliphatic carboxylic acids is 1. The number of likely N-dealkylation sites (tertiary alicyclic amines) is 1. The van der Waals surface area contributed by atoms with Gasteiger partial charge >= 0.3 is 5.97 Å². The molecule has 5 heteroatoms. The Balaban J connectivity index is 2.16. The van der Waals surface area contributed by atoms with Crippen molar-refractivity contribution in [3.05, 3.63) is 29.6 Å². The Bertz CT molecular complexity index is 523. The second kappa shape index (κ2) is 6.79. The fourth-order valence-electron chi connectivity index (χ4n) is 3.04. The molecule has 0 spiro atoms. The van der Waals surface area contributed by atoms with Crippen LogP contribution in [0.4, 0.5) is 4.39 Å². The molecular weight excluding hydrogens is 289 g/mol. The minimum atomic E-state index is -0.734. The minimum absolute atomic E-state index is 0.0278. The summed E-state index contributed by atoms with van der Waals surface area (Å²) in [6, 6.07) is 5.34. The van der Waals surface area contributed by atoms with Crippen LogP contribution in [0.3, 0.4) is 0 Å². The summed E-state index contributed by atoms with van der Waals surface area (Å²) in [6.45, 7) is 5.49. The Kier molecular flexibility index (Phi) is 5.27. The lowest BCUT2D eigenvalue weighted by molar-refractivity contribution is -0.144. The molecule has 1 aliphatic rings. The highest BCUT2D eigenvalue weighted by molar-refractivity contribution is 7.98. The van der Waals surface area contributed by atoms with E-state index in [1.165, 1.54) is 11.8 Å². The fourth-order valence-corrected chi connectivity index (χ4v) is 3.50. The van der Waals surface area contributed by atoms with Gasteiger partial charge in [-0.05, 0) is 43.2 Å². The van der Waals surface area contributed by atoms with E-state index >= 15 is 0 Å². The molecule has 1 aromatic carbocycles. The number of piperidine rings is 1. The molecule has 1 saturated heterocycles. The molecule has 0 radical (unpaired) electrons. The zero-order valence-corrected chi connectivity index (χ0v) is 13.5. The lowest BCUT2D eigenvalue weighted by atomic mass is 9.89. The van der Waals surface area contributed by atoms with Gasteiger partial charge in [-0.25, -0.2) is 4.39 Å². The number of nitrogens with zero attached hydrogens (tertiary/aromatic N) is 1. The van der Waals surface area contributed by atoms with E-state index in [4.69, 9.17) is 0 Å². The molecule has 0 aromatic heterocycles. The predicted octanol–water partition coefficient (Wildman–Crippen LogP) is 3.65. The van der Waals surface area contributed by atoms with Crippen molar-refractivity contribution in [3.63, 3.8) is 0 Å².